The van der Waals surface area contributed by atoms with E-state index in [-0.39, 0.29) is 12.1 Å². The van der Waals surface area contributed by atoms with Crippen molar-refractivity contribution in [3.05, 3.63) is 59.1 Å². The molecule has 2 aliphatic rings. The summed E-state index contributed by atoms with van der Waals surface area (Å²) in [5, 5.41) is 27.6. The zero-order valence-corrected chi connectivity index (χ0v) is 18.8. The molecule has 4 aromatic rings. The molecule has 0 bridgehead atoms. The Morgan fingerprint density at radius 3 is 2.91 bits per heavy atom. The van der Waals surface area contributed by atoms with Gasteiger partial charge >= 0.3 is 0 Å². The van der Waals surface area contributed by atoms with Crippen LogP contribution in [0.4, 0.5) is 5.82 Å². The van der Waals surface area contributed by atoms with Gasteiger partial charge in [-0.25, -0.2) is 15.0 Å². The van der Waals surface area contributed by atoms with Gasteiger partial charge in [-0.15, -0.1) is 0 Å². The van der Waals surface area contributed by atoms with E-state index >= 15 is 0 Å². The van der Waals surface area contributed by atoms with Gasteiger partial charge in [-0.3, -0.25) is 0 Å². The summed E-state index contributed by atoms with van der Waals surface area (Å²) in [4.78, 5) is 13.0. The highest BCUT2D eigenvalue weighted by atomic mass is 79.9. The van der Waals surface area contributed by atoms with Crippen molar-refractivity contribution in [1.82, 2.24) is 24.8 Å². The Kier molecular flexibility index (Phi) is 4.52. The zero-order chi connectivity index (χ0) is 22.0. The third-order valence-corrected chi connectivity index (χ3v) is 7.87. The highest BCUT2D eigenvalue weighted by Gasteiger charge is 2.56. The largest absolute Gasteiger partial charge is 0.390 e. The predicted octanol–water partition coefficient (Wildman–Crippen LogP) is 2.71. The van der Waals surface area contributed by atoms with Gasteiger partial charge in [-0.2, -0.15) is 0 Å². The minimum absolute atomic E-state index is 0.0652. The van der Waals surface area contributed by atoms with Crippen molar-refractivity contribution in [2.24, 2.45) is 5.41 Å². The number of nitrogens with zero attached hydrogens (tertiary/aromatic N) is 4. The van der Waals surface area contributed by atoms with E-state index in [1.165, 1.54) is 6.33 Å². The quantitative estimate of drug-likeness (QED) is 0.337. The maximum absolute atomic E-state index is 11.1. The number of benzene rings is 1. The van der Waals surface area contributed by atoms with Crippen molar-refractivity contribution in [2.45, 2.75) is 37.1 Å². The molecule has 1 spiro atoms. The fraction of sp³-hybridized carbons (Fsp3) is 0.348. The molecule has 3 aromatic heterocycles. The van der Waals surface area contributed by atoms with E-state index in [1.807, 2.05) is 29.0 Å². The fourth-order valence-electron chi connectivity index (χ4n) is 5.54. The minimum Gasteiger partial charge on any atom is -0.390 e. The Morgan fingerprint density at radius 1 is 1.16 bits per heavy atom. The highest BCUT2D eigenvalue weighted by molar-refractivity contribution is 9.10. The van der Waals surface area contributed by atoms with Gasteiger partial charge in [0.25, 0.3) is 0 Å². The minimum atomic E-state index is -0.864. The third kappa shape index (κ3) is 2.96. The maximum atomic E-state index is 11.1. The van der Waals surface area contributed by atoms with Crippen molar-refractivity contribution in [3.8, 4) is 0 Å². The van der Waals surface area contributed by atoms with Crippen LogP contribution in [0.25, 0.3) is 21.9 Å². The van der Waals surface area contributed by atoms with Gasteiger partial charge in [0.05, 0.1) is 22.1 Å². The van der Waals surface area contributed by atoms with Crippen LogP contribution in [0.2, 0.25) is 0 Å². The van der Waals surface area contributed by atoms with Gasteiger partial charge in [-0.05, 0) is 52.5 Å². The number of pyridine rings is 1. The molecule has 1 aromatic carbocycles. The number of aromatic nitrogens is 4. The molecule has 164 valence electrons. The average molecular weight is 495 g/mol. The number of aliphatic hydroxyl groups excluding tert-OH is 2. The molecular weight excluding hydrogens is 472 g/mol. The van der Waals surface area contributed by atoms with E-state index in [2.05, 4.69) is 48.3 Å². The highest BCUT2D eigenvalue weighted by Crippen LogP contribution is 2.52. The van der Waals surface area contributed by atoms with Crippen molar-refractivity contribution >= 4 is 43.7 Å². The van der Waals surface area contributed by atoms with E-state index in [1.54, 1.807) is 6.20 Å². The van der Waals surface area contributed by atoms with Crippen LogP contribution < -0.4 is 11.1 Å². The van der Waals surface area contributed by atoms with Crippen molar-refractivity contribution in [3.63, 3.8) is 0 Å². The lowest BCUT2D eigenvalue weighted by molar-refractivity contribution is -0.0218. The van der Waals surface area contributed by atoms with E-state index in [0.717, 1.165) is 38.4 Å². The molecule has 1 saturated carbocycles. The molecule has 2 fully saturated rings. The fourth-order valence-corrected chi connectivity index (χ4v) is 5.88. The van der Waals surface area contributed by atoms with Crippen LogP contribution in [0.3, 0.4) is 0 Å². The maximum Gasteiger partial charge on any atom is 0.143 e. The number of hydrogen-bond donors (Lipinski definition) is 4. The second-order valence-corrected chi connectivity index (χ2v) is 9.89. The number of halogens is 1. The number of hydrogen-bond acceptors (Lipinski definition) is 7. The number of nitrogens with one attached hydrogen (secondary N) is 1. The summed E-state index contributed by atoms with van der Waals surface area (Å²) >= 11 is 3.43. The van der Waals surface area contributed by atoms with Gasteiger partial charge in [0.2, 0.25) is 0 Å². The molecule has 0 amide bonds. The van der Waals surface area contributed by atoms with Crippen LogP contribution in [0, 0.1) is 5.41 Å². The molecule has 32 heavy (non-hydrogen) atoms. The van der Waals surface area contributed by atoms with Crippen LogP contribution in [-0.4, -0.2) is 48.5 Å². The summed E-state index contributed by atoms with van der Waals surface area (Å²) in [6.45, 7) is 0.633. The second-order valence-electron chi connectivity index (χ2n) is 9.04. The van der Waals surface area contributed by atoms with Gasteiger partial charge < -0.3 is 25.8 Å². The molecule has 1 aliphatic carbocycles. The standard InChI is InChI=1S/C23H23BrN6O2/c24-15-5-12-1-2-13(6-16(12)29-21(15)25)17-7-23(10-27-17)8-18(19(31)20(23)32)30-4-3-14-9-26-11-28-22(14)30/h1-6,9,11,17-20,27,31-32H,7-8,10H2,(H2,25,29). The normalized spacial score (nSPS) is 30.1. The summed E-state index contributed by atoms with van der Waals surface area (Å²) in [7, 11) is 0. The van der Waals surface area contributed by atoms with Crippen molar-refractivity contribution in [2.75, 3.05) is 12.3 Å². The SMILES string of the molecule is Nc1nc2cc(C3CC4(CN3)CC(n3ccc5cncnc53)C(O)C4O)ccc2cc1Br. The molecule has 4 heterocycles. The third-order valence-electron chi connectivity index (χ3n) is 7.23. The van der Waals surface area contributed by atoms with Gasteiger partial charge in [0.15, 0.2) is 0 Å². The number of anilines is 1. The van der Waals surface area contributed by atoms with Gasteiger partial charge in [-0.1, -0.05) is 12.1 Å². The second kappa shape index (κ2) is 7.21. The van der Waals surface area contributed by atoms with Crippen LogP contribution in [0.1, 0.15) is 30.5 Å². The molecule has 5 unspecified atom stereocenters. The zero-order valence-electron chi connectivity index (χ0n) is 17.2. The molecule has 8 nitrogen and oxygen atoms in total. The first-order valence-corrected chi connectivity index (χ1v) is 11.5. The summed E-state index contributed by atoms with van der Waals surface area (Å²) in [5.41, 5.74) is 8.28. The molecule has 0 radical (unpaired) electrons. The first kappa shape index (κ1) is 20.0. The lowest BCUT2D eigenvalue weighted by Crippen LogP contribution is -2.38. The smallest absolute Gasteiger partial charge is 0.143 e. The van der Waals surface area contributed by atoms with Gasteiger partial charge in [0.1, 0.15) is 23.9 Å². The van der Waals surface area contributed by atoms with E-state index in [0.29, 0.717) is 18.8 Å². The Morgan fingerprint density at radius 2 is 2.03 bits per heavy atom. The van der Waals surface area contributed by atoms with Crippen LogP contribution >= 0.6 is 15.9 Å². The molecule has 1 saturated heterocycles. The number of rotatable bonds is 2. The van der Waals surface area contributed by atoms with E-state index < -0.39 is 17.6 Å². The topological polar surface area (TPSA) is 122 Å². The van der Waals surface area contributed by atoms with Crippen LogP contribution in [0.15, 0.2) is 53.5 Å². The molecular formula is C23H23BrN6O2. The molecule has 5 atom stereocenters. The van der Waals surface area contributed by atoms with Gasteiger partial charge in [0, 0.05) is 41.2 Å². The van der Waals surface area contributed by atoms with Crippen LogP contribution in [-0.2, 0) is 0 Å². The number of aliphatic hydroxyl groups is 2. The molecule has 5 N–H and O–H groups in total. The predicted molar refractivity (Wildman–Crippen MR) is 125 cm³/mol. The van der Waals surface area contributed by atoms with Crippen LogP contribution in [0.5, 0.6) is 0 Å². The lowest BCUT2D eigenvalue weighted by atomic mass is 9.80. The van der Waals surface area contributed by atoms with E-state index in [4.69, 9.17) is 5.73 Å². The molecule has 6 rings (SSSR count). The molecule has 1 aliphatic heterocycles. The summed E-state index contributed by atoms with van der Waals surface area (Å²) < 4.78 is 2.76. The first-order chi connectivity index (χ1) is 15.4. The van der Waals surface area contributed by atoms with Crippen molar-refractivity contribution in [1.29, 1.82) is 0 Å². The number of fused-ring (bicyclic) bond motifs is 2. The Hall–Kier alpha value is -2.59. The number of nitrogen functional groups attached to an aromatic ring is 1. The summed E-state index contributed by atoms with van der Waals surface area (Å²) in [6, 6.07) is 9.93. The Bertz CT molecular complexity index is 1340. The monoisotopic (exact) mass is 494 g/mol. The lowest BCUT2D eigenvalue weighted by Gasteiger charge is -2.27. The Balaban J connectivity index is 1.30. The van der Waals surface area contributed by atoms with E-state index in [9.17, 15) is 10.2 Å². The number of nitrogens with two attached hydrogens (primary N) is 1. The summed E-state index contributed by atoms with van der Waals surface area (Å²) in [6.07, 6.45) is 4.91. The Labute approximate surface area is 192 Å². The summed E-state index contributed by atoms with van der Waals surface area (Å²) in [5.74, 6) is 0.463. The van der Waals surface area contributed by atoms with Crippen molar-refractivity contribution < 1.29 is 10.2 Å². The first-order valence-electron chi connectivity index (χ1n) is 10.7. The average Bonchev–Trinajstić information content (AvgIpc) is 3.48. The molecule has 9 heteroatoms.